The molecular formula is C19H15FN2O3. The molecule has 0 radical (unpaired) electrons. The van der Waals surface area contributed by atoms with Crippen LogP contribution in [0.25, 0.3) is 11.3 Å². The third-order valence-corrected chi connectivity index (χ3v) is 4.89. The van der Waals surface area contributed by atoms with Crippen molar-refractivity contribution < 1.29 is 19.0 Å². The Morgan fingerprint density at radius 3 is 2.92 bits per heavy atom. The van der Waals surface area contributed by atoms with Gasteiger partial charge in [0.05, 0.1) is 30.4 Å². The molecule has 5 rings (SSSR count). The second kappa shape index (κ2) is 5.32. The zero-order valence-electron chi connectivity index (χ0n) is 13.2. The number of hydrogen-bond acceptors (Lipinski definition) is 4. The summed E-state index contributed by atoms with van der Waals surface area (Å²) in [4.78, 5) is 4.21. The molecule has 2 unspecified atom stereocenters. The monoisotopic (exact) mass is 338 g/mol. The predicted molar refractivity (Wildman–Crippen MR) is 87.9 cm³/mol. The summed E-state index contributed by atoms with van der Waals surface area (Å²) in [5.74, 6) is 0.344. The van der Waals surface area contributed by atoms with Crippen LogP contribution in [-0.4, -0.2) is 21.5 Å². The molecular weight excluding hydrogens is 323 g/mol. The maximum Gasteiger partial charge on any atom is 0.231 e. The van der Waals surface area contributed by atoms with Crippen LogP contribution in [-0.2, 0) is 0 Å². The Morgan fingerprint density at radius 1 is 1.24 bits per heavy atom. The second-order valence-electron chi connectivity index (χ2n) is 6.27. The van der Waals surface area contributed by atoms with Gasteiger partial charge in [0.25, 0.3) is 0 Å². The lowest BCUT2D eigenvalue weighted by Crippen LogP contribution is -2.11. The number of aliphatic hydroxyl groups is 1. The van der Waals surface area contributed by atoms with E-state index in [1.165, 1.54) is 12.1 Å². The van der Waals surface area contributed by atoms with E-state index in [0.717, 1.165) is 16.8 Å². The fourth-order valence-electron chi connectivity index (χ4n) is 3.70. The second-order valence-corrected chi connectivity index (χ2v) is 6.27. The topological polar surface area (TPSA) is 56.5 Å². The number of ether oxygens (including phenoxy) is 2. The van der Waals surface area contributed by atoms with Gasteiger partial charge in [0, 0.05) is 23.6 Å². The molecule has 2 aromatic carbocycles. The maximum atomic E-state index is 14.4. The van der Waals surface area contributed by atoms with E-state index >= 15 is 0 Å². The Kier molecular flexibility index (Phi) is 3.08. The number of rotatable bonds is 3. The highest BCUT2D eigenvalue weighted by Gasteiger charge is 2.31. The molecule has 0 saturated carbocycles. The van der Waals surface area contributed by atoms with Crippen LogP contribution in [0.3, 0.4) is 0 Å². The zero-order valence-corrected chi connectivity index (χ0v) is 13.2. The summed E-state index contributed by atoms with van der Waals surface area (Å²) in [5, 5.41) is 10.7. The largest absolute Gasteiger partial charge is 0.454 e. The normalized spacial score (nSPS) is 18.1. The van der Waals surface area contributed by atoms with Gasteiger partial charge in [-0.25, -0.2) is 9.37 Å². The van der Waals surface area contributed by atoms with Crippen LogP contribution in [0, 0.1) is 5.82 Å². The summed E-state index contributed by atoms with van der Waals surface area (Å²) in [6, 6.07) is 10.7. The fourth-order valence-corrected chi connectivity index (χ4v) is 3.70. The van der Waals surface area contributed by atoms with Crippen molar-refractivity contribution in [2.45, 2.75) is 18.6 Å². The molecule has 1 aromatic heterocycles. The highest BCUT2D eigenvalue weighted by Crippen LogP contribution is 2.44. The third-order valence-electron chi connectivity index (χ3n) is 4.89. The van der Waals surface area contributed by atoms with Gasteiger partial charge in [-0.05, 0) is 11.6 Å². The molecule has 0 amide bonds. The van der Waals surface area contributed by atoms with Crippen LogP contribution in [0.4, 0.5) is 4.39 Å². The number of fused-ring (bicyclic) bond motifs is 4. The Hall–Kier alpha value is -2.86. The Labute approximate surface area is 143 Å². The first-order valence-electron chi connectivity index (χ1n) is 8.10. The van der Waals surface area contributed by atoms with E-state index < -0.39 is 11.9 Å². The van der Waals surface area contributed by atoms with E-state index in [1.54, 1.807) is 6.33 Å². The standard InChI is InChI=1S/C19H15FN2O3/c20-14-6-19-18(24-10-25-19)5-13(14)17(23)7-15-11-3-1-2-4-12(11)16-8-21-9-22(15)16/h1-6,8-9,15,17,23H,7,10H2. The predicted octanol–water partition coefficient (Wildman–Crippen LogP) is 3.44. The third kappa shape index (κ3) is 2.14. The van der Waals surface area contributed by atoms with Crippen molar-refractivity contribution >= 4 is 0 Å². The Bertz CT molecular complexity index is 969. The van der Waals surface area contributed by atoms with Gasteiger partial charge in [-0.1, -0.05) is 24.3 Å². The molecule has 1 N–H and O–H groups in total. The Morgan fingerprint density at radius 2 is 2.04 bits per heavy atom. The summed E-state index contributed by atoms with van der Waals surface area (Å²) in [5.41, 5.74) is 3.44. The number of nitrogens with zero attached hydrogens (tertiary/aromatic N) is 2. The van der Waals surface area contributed by atoms with E-state index in [1.807, 2.05) is 35.0 Å². The summed E-state index contributed by atoms with van der Waals surface area (Å²) in [6.45, 7) is 0.0721. The molecule has 3 heterocycles. The average Bonchev–Trinajstić information content (AvgIpc) is 3.31. The minimum Gasteiger partial charge on any atom is -0.454 e. The minimum atomic E-state index is -0.971. The first-order chi connectivity index (χ1) is 12.2. The van der Waals surface area contributed by atoms with Crippen molar-refractivity contribution in [3.05, 3.63) is 65.9 Å². The van der Waals surface area contributed by atoms with Crippen molar-refractivity contribution in [1.82, 2.24) is 9.55 Å². The van der Waals surface area contributed by atoms with Crippen LogP contribution in [0.5, 0.6) is 11.5 Å². The van der Waals surface area contributed by atoms with Crippen LogP contribution in [0.1, 0.15) is 29.7 Å². The number of imidazole rings is 1. The minimum absolute atomic E-state index is 0.0721. The molecule has 2 aliphatic heterocycles. The van der Waals surface area contributed by atoms with E-state index in [4.69, 9.17) is 9.47 Å². The van der Waals surface area contributed by atoms with Crippen LogP contribution in [0.2, 0.25) is 0 Å². The molecule has 0 aliphatic carbocycles. The highest BCUT2D eigenvalue weighted by molar-refractivity contribution is 5.69. The van der Waals surface area contributed by atoms with Crippen molar-refractivity contribution in [2.24, 2.45) is 0 Å². The van der Waals surface area contributed by atoms with Gasteiger partial charge >= 0.3 is 0 Å². The number of benzene rings is 2. The summed E-state index contributed by atoms with van der Waals surface area (Å²) in [6.07, 6.45) is 2.94. The van der Waals surface area contributed by atoms with Gasteiger partial charge in [-0.15, -0.1) is 0 Å². The van der Waals surface area contributed by atoms with Crippen LogP contribution < -0.4 is 9.47 Å². The van der Waals surface area contributed by atoms with Gasteiger partial charge in [0.2, 0.25) is 6.79 Å². The molecule has 0 bridgehead atoms. The van der Waals surface area contributed by atoms with E-state index in [-0.39, 0.29) is 18.4 Å². The fraction of sp³-hybridized carbons (Fsp3) is 0.211. The molecule has 3 aromatic rings. The molecule has 6 heteroatoms. The van der Waals surface area contributed by atoms with Crippen molar-refractivity contribution in [3.63, 3.8) is 0 Å². The van der Waals surface area contributed by atoms with Gasteiger partial charge in [-0.3, -0.25) is 0 Å². The lowest BCUT2D eigenvalue weighted by Gasteiger charge is -2.20. The molecule has 2 aliphatic rings. The van der Waals surface area contributed by atoms with Crippen molar-refractivity contribution in [2.75, 3.05) is 6.79 Å². The lowest BCUT2D eigenvalue weighted by molar-refractivity contribution is 0.149. The first kappa shape index (κ1) is 14.5. The highest BCUT2D eigenvalue weighted by atomic mass is 19.1. The molecule has 25 heavy (non-hydrogen) atoms. The number of aromatic nitrogens is 2. The molecule has 0 fully saturated rings. The van der Waals surface area contributed by atoms with Gasteiger partial charge in [0.15, 0.2) is 11.5 Å². The van der Waals surface area contributed by atoms with Crippen molar-refractivity contribution in [3.8, 4) is 22.8 Å². The van der Waals surface area contributed by atoms with Crippen molar-refractivity contribution in [1.29, 1.82) is 0 Å². The molecule has 5 nitrogen and oxygen atoms in total. The molecule has 0 saturated heterocycles. The maximum absolute atomic E-state index is 14.4. The van der Waals surface area contributed by atoms with E-state index in [9.17, 15) is 9.50 Å². The molecule has 0 spiro atoms. The number of aliphatic hydroxyl groups excluding tert-OH is 1. The first-order valence-corrected chi connectivity index (χ1v) is 8.10. The van der Waals surface area contributed by atoms with E-state index in [0.29, 0.717) is 17.9 Å². The summed E-state index contributed by atoms with van der Waals surface area (Å²) in [7, 11) is 0. The van der Waals surface area contributed by atoms with E-state index in [2.05, 4.69) is 4.98 Å². The van der Waals surface area contributed by atoms with Crippen LogP contribution >= 0.6 is 0 Å². The molecule has 2 atom stereocenters. The summed E-state index contributed by atoms with van der Waals surface area (Å²) < 4.78 is 26.9. The quantitative estimate of drug-likeness (QED) is 0.795. The van der Waals surface area contributed by atoms with Crippen LogP contribution in [0.15, 0.2) is 48.9 Å². The number of halogens is 1. The smallest absolute Gasteiger partial charge is 0.231 e. The average molecular weight is 338 g/mol. The van der Waals surface area contributed by atoms with Gasteiger partial charge in [0.1, 0.15) is 5.82 Å². The summed E-state index contributed by atoms with van der Waals surface area (Å²) >= 11 is 0. The Balaban J connectivity index is 1.50. The molecule has 126 valence electrons. The zero-order chi connectivity index (χ0) is 17.0. The lowest BCUT2D eigenvalue weighted by atomic mass is 9.95. The van der Waals surface area contributed by atoms with Gasteiger partial charge < -0.3 is 19.1 Å². The van der Waals surface area contributed by atoms with Gasteiger partial charge in [-0.2, -0.15) is 0 Å². The SMILES string of the molecule is OC(CC1c2ccccc2-c2cncn21)c1cc2c(cc1F)OCO2. The number of hydrogen-bond donors (Lipinski definition) is 1.